The summed E-state index contributed by atoms with van der Waals surface area (Å²) in [5.74, 6) is -0.512. The first kappa shape index (κ1) is 41.2. The number of imidazole rings is 1. The molecular formula is C38H66N6O4. The van der Waals surface area contributed by atoms with Crippen molar-refractivity contribution in [3.8, 4) is 0 Å². The Hall–Kier alpha value is -3.01. The molecule has 0 aromatic carbocycles. The fourth-order valence-corrected chi connectivity index (χ4v) is 5.75. The molecule has 0 bridgehead atoms. The third-order valence-corrected chi connectivity index (χ3v) is 9.25. The lowest BCUT2D eigenvalue weighted by molar-refractivity contribution is -0.149. The molecule has 0 aliphatic rings. The molecule has 0 amide bonds. The first-order chi connectivity index (χ1) is 23.3. The number of unbranched alkanes of at least 4 members (excludes halogenated alkanes) is 15. The second kappa shape index (κ2) is 25.9. The van der Waals surface area contributed by atoms with Gasteiger partial charge in [0.1, 0.15) is 11.6 Å². The molecule has 0 saturated carbocycles. The lowest BCUT2D eigenvalue weighted by Crippen LogP contribution is -2.38. The summed E-state index contributed by atoms with van der Waals surface area (Å²) < 4.78 is 13.0. The number of nitrogen functional groups attached to an aromatic ring is 1. The topological polar surface area (TPSA) is 148 Å². The highest BCUT2D eigenvalue weighted by Gasteiger charge is 2.22. The Balaban J connectivity index is 1.59. The number of aromatic nitrogens is 4. The van der Waals surface area contributed by atoms with E-state index < -0.39 is 12.0 Å². The fourth-order valence-electron chi connectivity index (χ4n) is 5.75. The Morgan fingerprint density at radius 3 is 2.08 bits per heavy atom. The summed E-state index contributed by atoms with van der Waals surface area (Å²) in [6, 6.07) is -0.652. The number of hydrogen-bond acceptors (Lipinski definition) is 9. The lowest BCUT2D eigenvalue weighted by atomic mass is 10.0. The van der Waals surface area contributed by atoms with Crippen molar-refractivity contribution in [3.05, 3.63) is 24.7 Å². The summed E-state index contributed by atoms with van der Waals surface area (Å²) in [6.07, 6.45) is 31.2. The maximum Gasteiger partial charge on any atom is 0.323 e. The molecule has 0 aliphatic carbocycles. The van der Waals surface area contributed by atoms with Gasteiger partial charge in [-0.1, -0.05) is 116 Å². The van der Waals surface area contributed by atoms with Crippen LogP contribution in [0.3, 0.4) is 0 Å². The predicted octanol–water partition coefficient (Wildman–Crippen LogP) is 8.47. The summed E-state index contributed by atoms with van der Waals surface area (Å²) in [6.45, 7) is 7.07. The van der Waals surface area contributed by atoms with Gasteiger partial charge in [0, 0.05) is 18.9 Å². The minimum absolute atomic E-state index is 0.0404. The van der Waals surface area contributed by atoms with Gasteiger partial charge in [-0.3, -0.25) is 9.59 Å². The Morgan fingerprint density at radius 2 is 1.46 bits per heavy atom. The average molecular weight is 671 g/mol. The molecule has 0 spiro atoms. The molecule has 48 heavy (non-hydrogen) atoms. The monoisotopic (exact) mass is 671 g/mol. The Bertz CT molecular complexity index is 1170. The maximum absolute atomic E-state index is 12.6. The maximum atomic E-state index is 12.6. The molecule has 10 heteroatoms. The molecule has 0 aliphatic heterocycles. The van der Waals surface area contributed by atoms with Crippen LogP contribution in [-0.2, 0) is 25.6 Å². The molecule has 10 nitrogen and oxygen atoms in total. The van der Waals surface area contributed by atoms with E-state index in [0.717, 1.165) is 25.7 Å². The first-order valence-electron chi connectivity index (χ1n) is 19.0. The van der Waals surface area contributed by atoms with E-state index in [1.165, 1.54) is 89.9 Å². The molecule has 0 saturated heterocycles. The zero-order valence-electron chi connectivity index (χ0n) is 30.4. The Labute approximate surface area is 290 Å². The fraction of sp³-hybridized carbons (Fsp3) is 0.763. The van der Waals surface area contributed by atoms with Gasteiger partial charge in [0.15, 0.2) is 5.65 Å². The van der Waals surface area contributed by atoms with Crippen molar-refractivity contribution in [1.29, 1.82) is 0 Å². The third-order valence-electron chi connectivity index (χ3n) is 9.25. The Kier molecular flexibility index (Phi) is 22.2. The van der Waals surface area contributed by atoms with Gasteiger partial charge in [0.05, 0.1) is 25.7 Å². The minimum atomic E-state index is -0.652. The molecule has 0 fully saturated rings. The van der Waals surface area contributed by atoms with Crippen LogP contribution in [0.25, 0.3) is 11.2 Å². The summed E-state index contributed by atoms with van der Waals surface area (Å²) in [5.41, 5.74) is 13.1. The van der Waals surface area contributed by atoms with Crippen molar-refractivity contribution in [1.82, 2.24) is 19.5 Å². The molecule has 1 unspecified atom stereocenters. The second-order valence-corrected chi connectivity index (χ2v) is 13.5. The highest BCUT2D eigenvalue weighted by Crippen LogP contribution is 2.17. The zero-order valence-corrected chi connectivity index (χ0v) is 30.4. The summed E-state index contributed by atoms with van der Waals surface area (Å²) in [7, 11) is 0. The van der Waals surface area contributed by atoms with Crippen LogP contribution in [0, 0.1) is 11.8 Å². The average Bonchev–Trinajstić information content (AvgIpc) is 3.48. The summed E-state index contributed by atoms with van der Waals surface area (Å²) in [4.78, 5) is 37.6. The van der Waals surface area contributed by atoms with Gasteiger partial charge in [-0.2, -0.15) is 4.98 Å². The number of fused-ring (bicyclic) bond motifs is 1. The number of esters is 2. The minimum Gasteiger partial charge on any atom is -0.465 e. The number of hydrogen-bond donors (Lipinski definition) is 2. The van der Waals surface area contributed by atoms with Crippen LogP contribution in [0.5, 0.6) is 0 Å². The summed E-state index contributed by atoms with van der Waals surface area (Å²) >= 11 is 0. The molecule has 3 atom stereocenters. The van der Waals surface area contributed by atoms with E-state index in [1.54, 1.807) is 12.5 Å². The Morgan fingerprint density at radius 1 is 0.854 bits per heavy atom. The molecule has 4 N–H and O–H groups in total. The van der Waals surface area contributed by atoms with E-state index >= 15 is 0 Å². The van der Waals surface area contributed by atoms with Gasteiger partial charge in [-0.05, 0) is 44.4 Å². The van der Waals surface area contributed by atoms with Crippen LogP contribution in [0.1, 0.15) is 149 Å². The van der Waals surface area contributed by atoms with E-state index in [0.29, 0.717) is 30.6 Å². The largest absolute Gasteiger partial charge is 0.465 e. The molecular weight excluding hydrogens is 604 g/mol. The normalized spacial score (nSPS) is 13.6. The van der Waals surface area contributed by atoms with Crippen LogP contribution < -0.4 is 11.5 Å². The number of allylic oxidation sites excluding steroid dienone is 2. The molecule has 2 aromatic heterocycles. The molecule has 272 valence electrons. The van der Waals surface area contributed by atoms with Gasteiger partial charge in [-0.25, -0.2) is 9.97 Å². The van der Waals surface area contributed by atoms with Crippen molar-refractivity contribution in [3.63, 3.8) is 0 Å². The third kappa shape index (κ3) is 17.9. The van der Waals surface area contributed by atoms with Crippen LogP contribution in [0.2, 0.25) is 0 Å². The van der Waals surface area contributed by atoms with Gasteiger partial charge in [-0.15, -0.1) is 0 Å². The van der Waals surface area contributed by atoms with E-state index in [1.807, 2.05) is 18.4 Å². The van der Waals surface area contributed by atoms with Crippen LogP contribution in [-0.4, -0.2) is 50.7 Å². The van der Waals surface area contributed by atoms with Crippen molar-refractivity contribution in [2.75, 3.05) is 18.9 Å². The van der Waals surface area contributed by atoms with E-state index in [4.69, 9.17) is 20.9 Å². The van der Waals surface area contributed by atoms with Crippen LogP contribution in [0.15, 0.2) is 24.7 Å². The van der Waals surface area contributed by atoms with Gasteiger partial charge in [0.25, 0.3) is 0 Å². The smallest absolute Gasteiger partial charge is 0.323 e. The quantitative estimate of drug-likeness (QED) is 0.0494. The van der Waals surface area contributed by atoms with E-state index in [2.05, 4.69) is 34.0 Å². The van der Waals surface area contributed by atoms with Crippen molar-refractivity contribution in [2.24, 2.45) is 17.6 Å². The number of rotatable bonds is 29. The van der Waals surface area contributed by atoms with E-state index in [-0.39, 0.29) is 37.0 Å². The number of carbonyl (C=O) groups is 2. The van der Waals surface area contributed by atoms with Gasteiger partial charge < -0.3 is 25.5 Å². The zero-order chi connectivity index (χ0) is 34.8. The van der Waals surface area contributed by atoms with Crippen molar-refractivity contribution < 1.29 is 19.1 Å². The highest BCUT2D eigenvalue weighted by atomic mass is 16.5. The standard InChI is InChI=1S/C38H66N6O4/c1-4-6-7-8-9-10-11-12-13-14-15-16-17-18-19-20-21-22-23-24-34(45)48-29-32(25-26-47-37(46)35(39)31(3)5-2)28-44-30-42-33-27-41-38(40)43-36(33)44/h12-13,27,30-32,35H,4-11,14-26,28-29,39H2,1-3H3,(H2,40,41,43)/t31-,32?,35-/m0/s1. The van der Waals surface area contributed by atoms with Gasteiger partial charge >= 0.3 is 11.9 Å². The summed E-state index contributed by atoms with van der Waals surface area (Å²) in [5, 5.41) is 0. The lowest BCUT2D eigenvalue weighted by Gasteiger charge is -2.20. The molecule has 2 heterocycles. The molecule has 2 rings (SSSR count). The van der Waals surface area contributed by atoms with Crippen LogP contribution >= 0.6 is 0 Å². The van der Waals surface area contributed by atoms with Crippen LogP contribution in [0.4, 0.5) is 5.95 Å². The second-order valence-electron chi connectivity index (χ2n) is 13.5. The number of nitrogens with zero attached hydrogens (tertiary/aromatic N) is 4. The number of anilines is 1. The first-order valence-corrected chi connectivity index (χ1v) is 19.0. The van der Waals surface area contributed by atoms with Gasteiger partial charge in [0.2, 0.25) is 5.95 Å². The van der Waals surface area contributed by atoms with Crippen molar-refractivity contribution in [2.45, 2.75) is 162 Å². The molecule has 0 radical (unpaired) electrons. The molecule has 2 aromatic rings. The van der Waals surface area contributed by atoms with E-state index in [9.17, 15) is 9.59 Å². The number of nitrogens with two attached hydrogens (primary N) is 2. The van der Waals surface area contributed by atoms with Crippen molar-refractivity contribution >= 4 is 29.1 Å². The number of carbonyl (C=O) groups excluding carboxylic acids is 2. The highest BCUT2D eigenvalue weighted by molar-refractivity contribution is 5.75. The SMILES string of the molecule is CCCCCCCCC=CCCCCCCCCCCCC(=O)OCC(CCOC(=O)[C@@H](N)[C@@H](C)CC)Cn1cnc2cnc(N)nc21. The predicted molar refractivity (Wildman–Crippen MR) is 195 cm³/mol. The number of ether oxygens (including phenoxy) is 2.